The van der Waals surface area contributed by atoms with Gasteiger partial charge < -0.3 is 11.1 Å². The molecule has 1 aromatic heterocycles. The van der Waals surface area contributed by atoms with Crippen LogP contribution in [0.25, 0.3) is 0 Å². The quantitative estimate of drug-likeness (QED) is 0.620. The zero-order valence-corrected chi connectivity index (χ0v) is 15.8. The molecule has 2 atom stereocenters. The molecule has 0 amide bonds. The maximum atomic E-state index is 6.03. The summed E-state index contributed by atoms with van der Waals surface area (Å²) in [5, 5.41) is 5.34. The Hall–Kier alpha value is -1.07. The zero-order chi connectivity index (χ0) is 16.9. The smallest absolute Gasteiger partial charge is 0.188 e. The lowest BCUT2D eigenvalue weighted by Crippen LogP contribution is -2.53. The van der Waals surface area contributed by atoms with Crippen molar-refractivity contribution in [2.75, 3.05) is 26.2 Å². The first-order valence-corrected chi connectivity index (χ1v) is 9.56. The molecule has 2 unspecified atom stereocenters. The first-order valence-electron chi connectivity index (χ1n) is 8.68. The average molecular weight is 337 g/mol. The van der Waals surface area contributed by atoms with Gasteiger partial charge in [-0.05, 0) is 50.0 Å². The van der Waals surface area contributed by atoms with Crippen molar-refractivity contribution < 1.29 is 0 Å². The SMILES string of the molecule is CC1CC(C)CN(C(C)(C)CN=C(N)NCCc2cccs2)C1. The Morgan fingerprint density at radius 3 is 2.70 bits per heavy atom. The highest BCUT2D eigenvalue weighted by atomic mass is 32.1. The minimum Gasteiger partial charge on any atom is -0.370 e. The summed E-state index contributed by atoms with van der Waals surface area (Å²) in [6.07, 6.45) is 2.33. The lowest BCUT2D eigenvalue weighted by molar-refractivity contribution is 0.0513. The maximum absolute atomic E-state index is 6.03. The second kappa shape index (κ2) is 8.15. The predicted molar refractivity (Wildman–Crippen MR) is 101 cm³/mol. The van der Waals surface area contributed by atoms with Gasteiger partial charge in [-0.15, -0.1) is 11.3 Å². The minimum absolute atomic E-state index is 0.0585. The summed E-state index contributed by atoms with van der Waals surface area (Å²) in [6.45, 7) is 13.2. The molecule has 1 aliphatic rings. The topological polar surface area (TPSA) is 53.6 Å². The minimum atomic E-state index is 0.0585. The summed E-state index contributed by atoms with van der Waals surface area (Å²) in [4.78, 5) is 8.54. The summed E-state index contributed by atoms with van der Waals surface area (Å²) in [7, 11) is 0. The van der Waals surface area contributed by atoms with Crippen molar-refractivity contribution in [3.05, 3.63) is 22.4 Å². The van der Waals surface area contributed by atoms with Gasteiger partial charge in [-0.3, -0.25) is 9.89 Å². The fraction of sp³-hybridized carbons (Fsp3) is 0.722. The standard InChI is InChI=1S/C18H32N4S/c1-14-10-15(2)12-22(11-14)18(3,4)13-21-17(19)20-8-7-16-6-5-9-23-16/h5-6,9,14-15H,7-8,10-13H2,1-4H3,(H3,19,20,21). The molecule has 1 aromatic rings. The van der Waals surface area contributed by atoms with Crippen LogP contribution in [0.3, 0.4) is 0 Å². The fourth-order valence-corrected chi connectivity index (χ4v) is 4.07. The molecule has 1 fully saturated rings. The number of hydrogen-bond acceptors (Lipinski definition) is 3. The highest BCUT2D eigenvalue weighted by Crippen LogP contribution is 2.27. The van der Waals surface area contributed by atoms with Crippen LogP contribution in [0, 0.1) is 11.8 Å². The Balaban J connectivity index is 1.79. The van der Waals surface area contributed by atoms with Gasteiger partial charge in [-0.25, -0.2) is 0 Å². The van der Waals surface area contributed by atoms with Gasteiger partial charge in [0, 0.05) is 30.1 Å². The van der Waals surface area contributed by atoms with Gasteiger partial charge in [0.25, 0.3) is 0 Å². The van der Waals surface area contributed by atoms with Gasteiger partial charge >= 0.3 is 0 Å². The monoisotopic (exact) mass is 336 g/mol. The fourth-order valence-electron chi connectivity index (χ4n) is 3.36. The van der Waals surface area contributed by atoms with Crippen LogP contribution in [-0.4, -0.2) is 42.6 Å². The summed E-state index contributed by atoms with van der Waals surface area (Å²) < 4.78 is 0. The van der Waals surface area contributed by atoms with Gasteiger partial charge in [0.05, 0.1) is 6.54 Å². The van der Waals surface area contributed by atoms with E-state index in [4.69, 9.17) is 5.73 Å². The summed E-state index contributed by atoms with van der Waals surface area (Å²) >= 11 is 1.78. The van der Waals surface area contributed by atoms with Crippen LogP contribution >= 0.6 is 11.3 Å². The second-order valence-corrected chi connectivity index (χ2v) is 8.65. The highest BCUT2D eigenvalue weighted by molar-refractivity contribution is 7.09. The summed E-state index contributed by atoms with van der Waals surface area (Å²) in [5.74, 6) is 2.10. The Morgan fingerprint density at radius 1 is 1.39 bits per heavy atom. The molecule has 1 saturated heterocycles. The molecule has 2 heterocycles. The predicted octanol–water partition coefficient (Wildman–Crippen LogP) is 2.95. The number of rotatable bonds is 6. The zero-order valence-electron chi connectivity index (χ0n) is 15.0. The molecule has 0 aromatic carbocycles. The van der Waals surface area contributed by atoms with Crippen molar-refractivity contribution in [1.29, 1.82) is 0 Å². The van der Waals surface area contributed by atoms with E-state index in [1.807, 2.05) is 0 Å². The molecule has 23 heavy (non-hydrogen) atoms. The largest absolute Gasteiger partial charge is 0.370 e. The molecule has 1 aliphatic heterocycles. The third-order valence-corrected chi connectivity index (χ3v) is 5.56. The number of nitrogens with zero attached hydrogens (tertiary/aromatic N) is 2. The van der Waals surface area contributed by atoms with E-state index in [0.717, 1.165) is 31.3 Å². The number of piperidine rings is 1. The second-order valence-electron chi connectivity index (χ2n) is 7.62. The van der Waals surface area contributed by atoms with Crippen molar-refractivity contribution in [2.45, 2.75) is 46.1 Å². The van der Waals surface area contributed by atoms with Crippen LogP contribution in [0.4, 0.5) is 0 Å². The molecule has 5 heteroatoms. The Kier molecular flexibility index (Phi) is 6.48. The Labute approximate surface area is 145 Å². The third kappa shape index (κ3) is 5.81. The van der Waals surface area contributed by atoms with E-state index in [2.05, 4.69) is 60.4 Å². The normalized spacial score (nSPS) is 23.9. The molecular weight excluding hydrogens is 304 g/mol. The van der Waals surface area contributed by atoms with E-state index in [9.17, 15) is 0 Å². The van der Waals surface area contributed by atoms with Crippen molar-refractivity contribution in [1.82, 2.24) is 10.2 Å². The molecular formula is C18H32N4S. The molecule has 130 valence electrons. The van der Waals surface area contributed by atoms with E-state index in [1.165, 1.54) is 24.4 Å². The van der Waals surface area contributed by atoms with E-state index in [-0.39, 0.29) is 5.54 Å². The van der Waals surface area contributed by atoms with E-state index >= 15 is 0 Å². The Bertz CT molecular complexity index is 485. The number of nitrogens with two attached hydrogens (primary N) is 1. The molecule has 0 spiro atoms. The van der Waals surface area contributed by atoms with Crippen LogP contribution in [0.5, 0.6) is 0 Å². The average Bonchev–Trinajstić information content (AvgIpc) is 2.97. The van der Waals surface area contributed by atoms with Crippen molar-refractivity contribution in [2.24, 2.45) is 22.6 Å². The molecule has 4 nitrogen and oxygen atoms in total. The van der Waals surface area contributed by atoms with E-state index < -0.39 is 0 Å². The molecule has 2 rings (SSSR count). The highest BCUT2D eigenvalue weighted by Gasteiger charge is 2.32. The summed E-state index contributed by atoms with van der Waals surface area (Å²) in [5.41, 5.74) is 6.09. The van der Waals surface area contributed by atoms with Crippen LogP contribution in [0.15, 0.2) is 22.5 Å². The molecule has 3 N–H and O–H groups in total. The van der Waals surface area contributed by atoms with Crippen LogP contribution in [0.2, 0.25) is 0 Å². The van der Waals surface area contributed by atoms with Gasteiger partial charge in [0.15, 0.2) is 5.96 Å². The number of aliphatic imine (C=N–C) groups is 1. The van der Waals surface area contributed by atoms with Gasteiger partial charge in [-0.1, -0.05) is 19.9 Å². The summed E-state index contributed by atoms with van der Waals surface area (Å²) in [6, 6.07) is 4.24. The third-order valence-electron chi connectivity index (χ3n) is 4.62. The van der Waals surface area contributed by atoms with E-state index in [1.54, 1.807) is 11.3 Å². The van der Waals surface area contributed by atoms with Crippen LogP contribution in [0.1, 0.15) is 39.0 Å². The number of guanidine groups is 1. The number of likely N-dealkylation sites (tertiary alicyclic amines) is 1. The van der Waals surface area contributed by atoms with Gasteiger partial charge in [0.2, 0.25) is 0 Å². The van der Waals surface area contributed by atoms with Crippen molar-refractivity contribution >= 4 is 17.3 Å². The number of hydrogen-bond donors (Lipinski definition) is 2. The lowest BCUT2D eigenvalue weighted by Gasteiger charge is -2.44. The van der Waals surface area contributed by atoms with Crippen molar-refractivity contribution in [3.63, 3.8) is 0 Å². The van der Waals surface area contributed by atoms with Gasteiger partial charge in [-0.2, -0.15) is 0 Å². The van der Waals surface area contributed by atoms with Crippen LogP contribution in [-0.2, 0) is 6.42 Å². The number of thiophene rings is 1. The molecule has 0 bridgehead atoms. The van der Waals surface area contributed by atoms with Crippen LogP contribution < -0.4 is 11.1 Å². The molecule has 0 radical (unpaired) electrons. The maximum Gasteiger partial charge on any atom is 0.188 e. The Morgan fingerprint density at radius 2 is 2.09 bits per heavy atom. The number of nitrogens with one attached hydrogen (secondary N) is 1. The molecule has 0 aliphatic carbocycles. The first-order chi connectivity index (χ1) is 10.9. The molecule has 0 saturated carbocycles. The van der Waals surface area contributed by atoms with Crippen molar-refractivity contribution in [3.8, 4) is 0 Å². The first kappa shape index (κ1) is 18.3. The van der Waals surface area contributed by atoms with E-state index in [0.29, 0.717) is 5.96 Å². The lowest BCUT2D eigenvalue weighted by atomic mass is 9.88. The van der Waals surface area contributed by atoms with Gasteiger partial charge in [0.1, 0.15) is 0 Å².